The fourth-order valence-electron chi connectivity index (χ4n) is 5.06. The van der Waals surface area contributed by atoms with Gasteiger partial charge in [0.1, 0.15) is 0 Å². The van der Waals surface area contributed by atoms with E-state index in [0.717, 1.165) is 31.4 Å². The summed E-state index contributed by atoms with van der Waals surface area (Å²) in [6.45, 7) is 2.06. The number of fused-ring (bicyclic) bond motifs is 3. The van der Waals surface area contributed by atoms with Crippen LogP contribution in [-0.4, -0.2) is 23.0 Å². The quantitative estimate of drug-likeness (QED) is 0.913. The smallest absolute Gasteiger partial charge is 0.307 e. The minimum atomic E-state index is -0.786. The lowest BCUT2D eigenvalue weighted by Crippen LogP contribution is -2.46. The molecule has 22 heavy (non-hydrogen) atoms. The summed E-state index contributed by atoms with van der Waals surface area (Å²) < 4.78 is 0. The number of benzene rings is 1. The van der Waals surface area contributed by atoms with Crippen LogP contribution in [0, 0.1) is 23.7 Å². The van der Waals surface area contributed by atoms with E-state index in [9.17, 15) is 14.7 Å². The van der Waals surface area contributed by atoms with Gasteiger partial charge < -0.3 is 10.0 Å². The second kappa shape index (κ2) is 4.83. The zero-order chi connectivity index (χ0) is 15.4. The molecule has 0 aromatic heterocycles. The Morgan fingerprint density at radius 3 is 2.55 bits per heavy atom. The highest BCUT2D eigenvalue weighted by Gasteiger charge is 2.55. The Labute approximate surface area is 130 Å². The van der Waals surface area contributed by atoms with Crippen LogP contribution in [0.2, 0.25) is 0 Å². The van der Waals surface area contributed by atoms with E-state index < -0.39 is 11.9 Å². The van der Waals surface area contributed by atoms with Crippen LogP contribution in [0.5, 0.6) is 0 Å². The highest BCUT2D eigenvalue weighted by molar-refractivity contribution is 6.00. The molecule has 1 amide bonds. The molecule has 1 N–H and O–H groups in total. The number of amides is 1. The van der Waals surface area contributed by atoms with Gasteiger partial charge in [0.25, 0.3) is 0 Å². The predicted molar refractivity (Wildman–Crippen MR) is 82.5 cm³/mol. The van der Waals surface area contributed by atoms with Gasteiger partial charge in [0, 0.05) is 11.7 Å². The molecule has 1 aromatic carbocycles. The van der Waals surface area contributed by atoms with Gasteiger partial charge in [0.2, 0.25) is 5.91 Å². The van der Waals surface area contributed by atoms with Gasteiger partial charge in [-0.05, 0) is 56.1 Å². The summed E-state index contributed by atoms with van der Waals surface area (Å²) in [5.74, 6) is -1.10. The summed E-state index contributed by atoms with van der Waals surface area (Å²) in [5, 5.41) is 9.59. The van der Waals surface area contributed by atoms with Crippen molar-refractivity contribution in [3.63, 3.8) is 0 Å². The summed E-state index contributed by atoms with van der Waals surface area (Å²) in [6.07, 6.45) is 3.75. The normalized spacial score (nSPS) is 35.7. The fourth-order valence-corrected chi connectivity index (χ4v) is 5.06. The summed E-state index contributed by atoms with van der Waals surface area (Å²) in [4.78, 5) is 26.7. The van der Waals surface area contributed by atoms with E-state index in [1.165, 1.54) is 5.56 Å². The number of nitrogens with zero attached hydrogens (tertiary/aromatic N) is 1. The van der Waals surface area contributed by atoms with Crippen LogP contribution in [-0.2, 0) is 16.0 Å². The zero-order valence-electron chi connectivity index (χ0n) is 12.7. The van der Waals surface area contributed by atoms with Gasteiger partial charge in [-0.25, -0.2) is 0 Å². The summed E-state index contributed by atoms with van der Waals surface area (Å²) in [7, 11) is 0. The van der Waals surface area contributed by atoms with E-state index in [4.69, 9.17) is 0 Å². The Kier molecular flexibility index (Phi) is 3.03. The molecular formula is C18H21NO3. The third-order valence-corrected chi connectivity index (χ3v) is 5.93. The monoisotopic (exact) mass is 299 g/mol. The van der Waals surface area contributed by atoms with Crippen molar-refractivity contribution in [1.29, 1.82) is 0 Å². The molecule has 2 bridgehead atoms. The lowest BCUT2D eigenvalue weighted by Gasteiger charge is -2.33. The van der Waals surface area contributed by atoms with Gasteiger partial charge in [0.15, 0.2) is 0 Å². The number of carboxylic acids is 1. The average Bonchev–Trinajstić information content (AvgIpc) is 3.17. The topological polar surface area (TPSA) is 57.6 Å². The second-order valence-corrected chi connectivity index (χ2v) is 7.11. The van der Waals surface area contributed by atoms with Crippen molar-refractivity contribution in [2.24, 2.45) is 23.7 Å². The highest BCUT2D eigenvalue weighted by Crippen LogP contribution is 2.53. The molecule has 2 aliphatic carbocycles. The van der Waals surface area contributed by atoms with E-state index >= 15 is 0 Å². The molecule has 1 heterocycles. The highest BCUT2D eigenvalue weighted by atomic mass is 16.4. The maximum Gasteiger partial charge on any atom is 0.307 e. The zero-order valence-corrected chi connectivity index (χ0v) is 12.7. The summed E-state index contributed by atoms with van der Waals surface area (Å²) in [5.41, 5.74) is 2.17. The number of rotatable bonds is 2. The number of anilines is 1. The largest absolute Gasteiger partial charge is 0.481 e. The molecular weight excluding hydrogens is 278 g/mol. The number of carboxylic acid groups (broad SMARTS) is 1. The van der Waals surface area contributed by atoms with Crippen molar-refractivity contribution in [3.8, 4) is 0 Å². The molecule has 4 nitrogen and oxygen atoms in total. The van der Waals surface area contributed by atoms with E-state index in [0.29, 0.717) is 0 Å². The standard InChI is InChI=1S/C18H21NO3/c1-10-8-11-4-2-3-5-14(11)19(10)17(20)15-12-6-7-13(9-12)16(15)18(21)22/h2-5,10,12-13,15-16H,6-9H2,1H3,(H,21,22)/t10-,12+,13+,15-,16+/m1/s1. The Bertz CT molecular complexity index is 641. The molecule has 0 radical (unpaired) electrons. The number of carbonyl (C=O) groups excluding carboxylic acids is 1. The lowest BCUT2D eigenvalue weighted by atomic mass is 9.78. The third kappa shape index (κ3) is 1.82. The van der Waals surface area contributed by atoms with Crippen molar-refractivity contribution >= 4 is 17.6 Å². The average molecular weight is 299 g/mol. The van der Waals surface area contributed by atoms with E-state index in [-0.39, 0.29) is 29.7 Å². The number of carbonyl (C=O) groups is 2. The maximum atomic E-state index is 13.2. The van der Waals surface area contributed by atoms with E-state index in [1.807, 2.05) is 23.1 Å². The van der Waals surface area contributed by atoms with E-state index in [2.05, 4.69) is 13.0 Å². The molecule has 4 heteroatoms. The van der Waals surface area contributed by atoms with Crippen LogP contribution in [0.1, 0.15) is 31.7 Å². The van der Waals surface area contributed by atoms with Crippen molar-refractivity contribution in [2.75, 3.05) is 4.90 Å². The molecule has 1 aromatic rings. The first-order valence-corrected chi connectivity index (χ1v) is 8.21. The third-order valence-electron chi connectivity index (χ3n) is 5.93. The lowest BCUT2D eigenvalue weighted by molar-refractivity contribution is -0.149. The van der Waals surface area contributed by atoms with Crippen LogP contribution in [0.4, 0.5) is 5.69 Å². The summed E-state index contributed by atoms with van der Waals surface area (Å²) >= 11 is 0. The van der Waals surface area contributed by atoms with Gasteiger partial charge in [-0.15, -0.1) is 0 Å². The number of aliphatic carboxylic acids is 1. The molecule has 1 aliphatic heterocycles. The van der Waals surface area contributed by atoms with Crippen LogP contribution >= 0.6 is 0 Å². The number of hydrogen-bond donors (Lipinski definition) is 1. The summed E-state index contributed by atoms with van der Waals surface area (Å²) in [6, 6.07) is 8.12. The Hall–Kier alpha value is -1.84. The predicted octanol–water partition coefficient (Wildman–Crippen LogP) is 2.71. The van der Waals surface area contributed by atoms with Crippen LogP contribution < -0.4 is 4.90 Å². The molecule has 0 unspecified atom stereocenters. The first-order valence-electron chi connectivity index (χ1n) is 8.21. The van der Waals surface area contributed by atoms with Gasteiger partial charge in [0.05, 0.1) is 11.8 Å². The minimum Gasteiger partial charge on any atom is -0.481 e. The van der Waals surface area contributed by atoms with Gasteiger partial charge in [-0.2, -0.15) is 0 Å². The Balaban J connectivity index is 1.68. The molecule has 5 atom stereocenters. The van der Waals surface area contributed by atoms with E-state index in [1.54, 1.807) is 0 Å². The fraction of sp³-hybridized carbons (Fsp3) is 0.556. The van der Waals surface area contributed by atoms with Crippen molar-refractivity contribution in [2.45, 2.75) is 38.6 Å². The number of para-hydroxylation sites is 1. The molecule has 2 saturated carbocycles. The first kappa shape index (κ1) is 13.8. The number of hydrogen-bond acceptors (Lipinski definition) is 2. The minimum absolute atomic E-state index is 0.0389. The van der Waals surface area contributed by atoms with Crippen molar-refractivity contribution in [3.05, 3.63) is 29.8 Å². The molecule has 2 fully saturated rings. The molecule has 3 aliphatic rings. The van der Waals surface area contributed by atoms with Gasteiger partial charge in [-0.3, -0.25) is 9.59 Å². The van der Waals surface area contributed by atoms with Crippen LogP contribution in [0.15, 0.2) is 24.3 Å². The molecule has 116 valence electrons. The molecule has 0 saturated heterocycles. The van der Waals surface area contributed by atoms with Crippen molar-refractivity contribution < 1.29 is 14.7 Å². The Morgan fingerprint density at radius 1 is 1.14 bits per heavy atom. The van der Waals surface area contributed by atoms with Crippen LogP contribution in [0.25, 0.3) is 0 Å². The maximum absolute atomic E-state index is 13.2. The van der Waals surface area contributed by atoms with Crippen LogP contribution in [0.3, 0.4) is 0 Å². The Morgan fingerprint density at radius 2 is 1.82 bits per heavy atom. The van der Waals surface area contributed by atoms with Crippen molar-refractivity contribution in [1.82, 2.24) is 0 Å². The first-order chi connectivity index (χ1) is 10.6. The van der Waals surface area contributed by atoms with Gasteiger partial charge >= 0.3 is 5.97 Å². The molecule has 4 rings (SSSR count). The SMILES string of the molecule is C[C@@H]1Cc2ccccc2N1C(=O)[C@@H]1[C@H]2CC[C@@H](C2)[C@@H]1C(=O)O. The van der Waals surface area contributed by atoms with Gasteiger partial charge in [-0.1, -0.05) is 18.2 Å². The molecule has 0 spiro atoms. The second-order valence-electron chi connectivity index (χ2n) is 7.11.